The van der Waals surface area contributed by atoms with Crippen LogP contribution < -0.4 is 20.1 Å². The molecule has 1 heterocycles. The van der Waals surface area contributed by atoms with Crippen molar-refractivity contribution in [3.8, 4) is 11.5 Å². The number of aliphatic imine (C=N–C) groups is 1. The van der Waals surface area contributed by atoms with Gasteiger partial charge in [0.1, 0.15) is 6.61 Å². The highest BCUT2D eigenvalue weighted by Crippen LogP contribution is 2.30. The first-order valence-electron chi connectivity index (χ1n) is 7.73. The topological polar surface area (TPSA) is 54.9 Å². The molecule has 0 aromatic heterocycles. The van der Waals surface area contributed by atoms with Crippen LogP contribution in [0.25, 0.3) is 0 Å². The first kappa shape index (κ1) is 20.2. The van der Waals surface area contributed by atoms with Gasteiger partial charge in [0, 0.05) is 13.1 Å². The first-order valence-corrected chi connectivity index (χ1v) is 9.12. The minimum absolute atomic E-state index is 0. The number of thioether (sulfide) groups is 1. The molecule has 0 amide bonds. The van der Waals surface area contributed by atoms with E-state index in [0.717, 1.165) is 42.7 Å². The number of nitrogens with one attached hydrogen (secondary N) is 2. The van der Waals surface area contributed by atoms with Gasteiger partial charge in [0.05, 0.1) is 6.54 Å². The van der Waals surface area contributed by atoms with E-state index in [9.17, 15) is 0 Å². The van der Waals surface area contributed by atoms with Crippen molar-refractivity contribution in [1.82, 2.24) is 10.6 Å². The fraction of sp³-hybridized carbons (Fsp3) is 0.562. The van der Waals surface area contributed by atoms with E-state index < -0.39 is 0 Å². The molecular weight excluding hydrogens is 425 g/mol. The summed E-state index contributed by atoms with van der Waals surface area (Å²) in [7, 11) is 0. The second-order valence-corrected chi connectivity index (χ2v) is 5.98. The molecule has 5 nitrogen and oxygen atoms in total. The summed E-state index contributed by atoms with van der Waals surface area (Å²) in [4.78, 5) is 4.59. The quantitative estimate of drug-likeness (QED) is 0.289. The van der Waals surface area contributed by atoms with E-state index in [2.05, 4.69) is 28.8 Å². The number of ether oxygens (including phenoxy) is 2. The second-order valence-electron chi connectivity index (χ2n) is 4.99. The van der Waals surface area contributed by atoms with Crippen molar-refractivity contribution in [1.29, 1.82) is 0 Å². The van der Waals surface area contributed by atoms with E-state index in [-0.39, 0.29) is 30.1 Å². The second kappa shape index (κ2) is 11.7. The zero-order valence-corrected chi connectivity index (χ0v) is 16.9. The fourth-order valence-electron chi connectivity index (χ4n) is 2.11. The molecule has 0 radical (unpaired) electrons. The van der Waals surface area contributed by atoms with Gasteiger partial charge in [-0.2, -0.15) is 11.8 Å². The monoisotopic (exact) mass is 451 g/mol. The van der Waals surface area contributed by atoms with E-state index in [4.69, 9.17) is 9.47 Å². The lowest BCUT2D eigenvalue weighted by Gasteiger charge is -2.25. The van der Waals surface area contributed by atoms with Crippen LogP contribution in [0.2, 0.25) is 0 Å². The lowest BCUT2D eigenvalue weighted by Crippen LogP contribution is -2.40. The number of nitrogens with zero attached hydrogens (tertiary/aromatic N) is 1. The first-order chi connectivity index (χ1) is 10.8. The van der Waals surface area contributed by atoms with E-state index in [1.807, 2.05) is 36.0 Å². The van der Waals surface area contributed by atoms with Crippen molar-refractivity contribution < 1.29 is 9.47 Å². The van der Waals surface area contributed by atoms with Gasteiger partial charge in [-0.05, 0) is 37.5 Å². The highest BCUT2D eigenvalue weighted by molar-refractivity contribution is 14.0. The predicted octanol–water partition coefficient (Wildman–Crippen LogP) is 2.75. The van der Waals surface area contributed by atoms with Gasteiger partial charge in [-0.15, -0.1) is 24.0 Å². The smallest absolute Gasteiger partial charge is 0.191 e. The van der Waals surface area contributed by atoms with Crippen molar-refractivity contribution in [2.45, 2.75) is 19.4 Å². The van der Waals surface area contributed by atoms with Gasteiger partial charge in [-0.25, -0.2) is 4.99 Å². The number of fused-ring (bicyclic) bond motifs is 1. The number of halogens is 1. The minimum atomic E-state index is -0.0449. The third-order valence-electron chi connectivity index (χ3n) is 3.18. The average molecular weight is 451 g/mol. The maximum atomic E-state index is 5.91. The van der Waals surface area contributed by atoms with Crippen LogP contribution in [-0.2, 0) is 0 Å². The van der Waals surface area contributed by atoms with Crippen LogP contribution in [0, 0.1) is 0 Å². The van der Waals surface area contributed by atoms with Crippen LogP contribution in [0.15, 0.2) is 29.3 Å². The Labute approximate surface area is 160 Å². The van der Waals surface area contributed by atoms with Gasteiger partial charge in [-0.1, -0.05) is 12.1 Å². The zero-order chi connectivity index (χ0) is 15.6. The number of hydrogen-bond acceptors (Lipinski definition) is 4. The van der Waals surface area contributed by atoms with E-state index in [1.54, 1.807) is 0 Å². The SMILES string of the molecule is CCNC(=NCC1COc2ccccc2O1)NCCCSC.I. The molecule has 7 heteroatoms. The van der Waals surface area contributed by atoms with Crippen molar-refractivity contribution in [3.63, 3.8) is 0 Å². The van der Waals surface area contributed by atoms with Crippen LogP contribution in [0.3, 0.4) is 0 Å². The Morgan fingerprint density at radius 3 is 2.83 bits per heavy atom. The summed E-state index contributed by atoms with van der Waals surface area (Å²) in [5.41, 5.74) is 0. The van der Waals surface area contributed by atoms with Crippen LogP contribution in [-0.4, -0.2) is 50.3 Å². The van der Waals surface area contributed by atoms with Crippen molar-refractivity contribution in [2.24, 2.45) is 4.99 Å². The Morgan fingerprint density at radius 2 is 2.09 bits per heavy atom. The summed E-state index contributed by atoms with van der Waals surface area (Å²) in [5.74, 6) is 3.60. The third kappa shape index (κ3) is 7.07. The number of para-hydroxylation sites is 2. The molecule has 0 fully saturated rings. The molecule has 2 N–H and O–H groups in total. The van der Waals surface area contributed by atoms with Crippen molar-refractivity contribution >= 4 is 41.7 Å². The predicted molar refractivity (Wildman–Crippen MR) is 109 cm³/mol. The van der Waals surface area contributed by atoms with Gasteiger partial charge < -0.3 is 20.1 Å². The number of rotatable bonds is 7. The fourth-order valence-corrected chi connectivity index (χ4v) is 2.54. The van der Waals surface area contributed by atoms with E-state index >= 15 is 0 Å². The lowest BCUT2D eigenvalue weighted by atomic mass is 10.2. The van der Waals surface area contributed by atoms with Gasteiger partial charge >= 0.3 is 0 Å². The van der Waals surface area contributed by atoms with Crippen LogP contribution in [0.4, 0.5) is 0 Å². The Kier molecular flexibility index (Phi) is 10.3. The van der Waals surface area contributed by atoms with Gasteiger partial charge in [-0.3, -0.25) is 0 Å². The summed E-state index contributed by atoms with van der Waals surface area (Å²) >= 11 is 1.86. The van der Waals surface area contributed by atoms with Crippen molar-refractivity contribution in [2.75, 3.05) is 38.2 Å². The lowest BCUT2D eigenvalue weighted by molar-refractivity contribution is 0.0971. The molecule has 0 aliphatic carbocycles. The molecule has 1 aromatic rings. The summed E-state index contributed by atoms with van der Waals surface area (Å²) in [6.45, 7) is 4.95. The van der Waals surface area contributed by atoms with Crippen molar-refractivity contribution in [3.05, 3.63) is 24.3 Å². The highest BCUT2D eigenvalue weighted by Gasteiger charge is 2.20. The van der Waals surface area contributed by atoms with Gasteiger partial charge in [0.15, 0.2) is 23.6 Å². The largest absolute Gasteiger partial charge is 0.486 e. The molecule has 1 unspecified atom stereocenters. The molecule has 0 saturated carbocycles. The van der Waals surface area contributed by atoms with Crippen LogP contribution in [0.5, 0.6) is 11.5 Å². The summed E-state index contributed by atoms with van der Waals surface area (Å²) in [6, 6.07) is 7.75. The van der Waals surface area contributed by atoms with E-state index in [1.165, 1.54) is 0 Å². The molecule has 1 aromatic carbocycles. The number of guanidine groups is 1. The molecule has 130 valence electrons. The molecule has 2 rings (SSSR count). The van der Waals surface area contributed by atoms with Gasteiger partial charge in [0.2, 0.25) is 0 Å². The maximum Gasteiger partial charge on any atom is 0.191 e. The number of hydrogen-bond donors (Lipinski definition) is 2. The highest BCUT2D eigenvalue weighted by atomic mass is 127. The van der Waals surface area contributed by atoms with Crippen LogP contribution >= 0.6 is 35.7 Å². The molecule has 0 bridgehead atoms. The minimum Gasteiger partial charge on any atom is -0.486 e. The van der Waals surface area contributed by atoms with Crippen LogP contribution in [0.1, 0.15) is 13.3 Å². The third-order valence-corrected chi connectivity index (χ3v) is 3.88. The Bertz CT molecular complexity index is 488. The Hall–Kier alpha value is -0.830. The normalized spacial score (nSPS) is 16.4. The summed E-state index contributed by atoms with van der Waals surface area (Å²) < 4.78 is 11.6. The standard InChI is InChI=1S/C16H25N3O2S.HI/c1-3-17-16(18-9-6-10-22-2)19-11-13-12-20-14-7-4-5-8-15(14)21-13;/h4-5,7-8,13H,3,6,9-12H2,1-2H3,(H2,17,18,19);1H. The molecule has 0 saturated heterocycles. The van der Waals surface area contributed by atoms with Gasteiger partial charge in [0.25, 0.3) is 0 Å². The Morgan fingerprint density at radius 1 is 1.30 bits per heavy atom. The Balaban J connectivity index is 0.00000264. The molecule has 1 atom stereocenters. The zero-order valence-electron chi connectivity index (χ0n) is 13.7. The summed E-state index contributed by atoms with van der Waals surface area (Å²) in [6.07, 6.45) is 3.20. The number of benzene rings is 1. The molecule has 0 spiro atoms. The molecule has 1 aliphatic rings. The average Bonchev–Trinajstić information content (AvgIpc) is 2.56. The molecule has 1 aliphatic heterocycles. The molecular formula is C16H26IN3O2S. The maximum absolute atomic E-state index is 5.91. The summed E-state index contributed by atoms with van der Waals surface area (Å²) in [5, 5.41) is 6.60. The van der Waals surface area contributed by atoms with E-state index in [0.29, 0.717) is 13.2 Å². The molecule has 23 heavy (non-hydrogen) atoms.